The molecule has 1 saturated carbocycles. The third-order valence-corrected chi connectivity index (χ3v) is 4.08. The van der Waals surface area contributed by atoms with Crippen LogP contribution in [0.15, 0.2) is 22.7 Å². The van der Waals surface area contributed by atoms with Crippen molar-refractivity contribution < 1.29 is 4.74 Å². The standard InChI is InChI=1S/C15H19BrN2O/c16-14-10-12(11-17)6-7-15(14)18-8-9-19-13-4-2-1-3-5-13/h6-7,10,13,18H,1-5,8-9H2. The Hall–Kier alpha value is -1.05. The molecule has 0 spiro atoms. The zero-order valence-corrected chi connectivity index (χ0v) is 12.6. The van der Waals surface area contributed by atoms with Crippen LogP contribution in [0.2, 0.25) is 0 Å². The Morgan fingerprint density at radius 2 is 2.11 bits per heavy atom. The number of hydrogen-bond acceptors (Lipinski definition) is 3. The molecule has 0 aliphatic heterocycles. The first-order valence-corrected chi connectivity index (χ1v) is 7.64. The largest absolute Gasteiger partial charge is 0.382 e. The summed E-state index contributed by atoms with van der Waals surface area (Å²) >= 11 is 3.46. The van der Waals surface area contributed by atoms with E-state index in [4.69, 9.17) is 10.00 Å². The van der Waals surface area contributed by atoms with Crippen molar-refractivity contribution in [2.75, 3.05) is 18.5 Å². The van der Waals surface area contributed by atoms with Crippen LogP contribution in [0.4, 0.5) is 5.69 Å². The highest BCUT2D eigenvalue weighted by Crippen LogP contribution is 2.23. The van der Waals surface area contributed by atoms with E-state index in [9.17, 15) is 0 Å². The zero-order chi connectivity index (χ0) is 13.5. The molecule has 0 heterocycles. The second kappa shape index (κ2) is 7.52. The molecule has 1 N–H and O–H groups in total. The molecule has 19 heavy (non-hydrogen) atoms. The van der Waals surface area contributed by atoms with Crippen molar-refractivity contribution in [2.24, 2.45) is 0 Å². The minimum absolute atomic E-state index is 0.458. The van der Waals surface area contributed by atoms with Gasteiger partial charge in [0.15, 0.2) is 0 Å². The van der Waals surface area contributed by atoms with Gasteiger partial charge >= 0.3 is 0 Å². The number of hydrogen-bond donors (Lipinski definition) is 1. The van der Waals surface area contributed by atoms with Gasteiger partial charge in [-0.05, 0) is 47.0 Å². The summed E-state index contributed by atoms with van der Waals surface area (Å²) in [7, 11) is 0. The van der Waals surface area contributed by atoms with E-state index in [1.165, 1.54) is 32.1 Å². The third kappa shape index (κ3) is 4.52. The molecule has 3 nitrogen and oxygen atoms in total. The van der Waals surface area contributed by atoms with Crippen LogP contribution in [0.3, 0.4) is 0 Å². The smallest absolute Gasteiger partial charge is 0.0992 e. The van der Waals surface area contributed by atoms with E-state index >= 15 is 0 Å². The van der Waals surface area contributed by atoms with E-state index < -0.39 is 0 Å². The number of nitrogens with zero attached hydrogens (tertiary/aromatic N) is 1. The molecule has 0 unspecified atom stereocenters. The Morgan fingerprint density at radius 1 is 1.32 bits per heavy atom. The molecule has 1 fully saturated rings. The fraction of sp³-hybridized carbons (Fsp3) is 0.533. The molecule has 1 aliphatic carbocycles. The van der Waals surface area contributed by atoms with Crippen LogP contribution in [0.5, 0.6) is 0 Å². The average Bonchev–Trinajstić information content (AvgIpc) is 2.46. The summed E-state index contributed by atoms with van der Waals surface area (Å²) in [5.41, 5.74) is 1.67. The molecule has 1 aliphatic rings. The monoisotopic (exact) mass is 322 g/mol. The van der Waals surface area contributed by atoms with E-state index in [1.54, 1.807) is 0 Å². The Labute approximate surface area is 123 Å². The first kappa shape index (κ1) is 14.4. The Bertz CT molecular complexity index is 450. The summed E-state index contributed by atoms with van der Waals surface area (Å²) in [5.74, 6) is 0. The lowest BCUT2D eigenvalue weighted by molar-refractivity contribution is 0.0347. The van der Waals surface area contributed by atoms with Gasteiger partial charge in [-0.2, -0.15) is 5.26 Å². The Balaban J connectivity index is 1.72. The van der Waals surface area contributed by atoms with Crippen molar-refractivity contribution in [3.63, 3.8) is 0 Å². The van der Waals surface area contributed by atoms with Gasteiger partial charge in [-0.1, -0.05) is 19.3 Å². The highest BCUT2D eigenvalue weighted by molar-refractivity contribution is 9.10. The molecule has 1 aromatic carbocycles. The number of anilines is 1. The van der Waals surface area contributed by atoms with Crippen molar-refractivity contribution >= 4 is 21.6 Å². The Morgan fingerprint density at radius 3 is 2.79 bits per heavy atom. The molecule has 2 rings (SSSR count). The highest BCUT2D eigenvalue weighted by Gasteiger charge is 2.13. The van der Waals surface area contributed by atoms with E-state index in [0.717, 1.165) is 23.3 Å². The molecule has 0 atom stereocenters. The van der Waals surface area contributed by atoms with Crippen molar-refractivity contribution in [1.82, 2.24) is 0 Å². The number of halogens is 1. The molecule has 0 amide bonds. The lowest BCUT2D eigenvalue weighted by atomic mass is 9.98. The summed E-state index contributed by atoms with van der Waals surface area (Å²) in [6.07, 6.45) is 6.84. The van der Waals surface area contributed by atoms with Gasteiger partial charge in [-0.15, -0.1) is 0 Å². The molecule has 0 aromatic heterocycles. The summed E-state index contributed by atoms with van der Waals surface area (Å²) in [5, 5.41) is 12.1. The van der Waals surface area contributed by atoms with Crippen LogP contribution in [-0.4, -0.2) is 19.3 Å². The van der Waals surface area contributed by atoms with Crippen molar-refractivity contribution in [1.29, 1.82) is 5.26 Å². The number of benzene rings is 1. The minimum Gasteiger partial charge on any atom is -0.382 e. The average molecular weight is 323 g/mol. The molecule has 102 valence electrons. The summed E-state index contributed by atoms with van der Waals surface area (Å²) in [4.78, 5) is 0. The lowest BCUT2D eigenvalue weighted by Gasteiger charge is -2.22. The third-order valence-electron chi connectivity index (χ3n) is 3.42. The van der Waals surface area contributed by atoms with E-state index in [-0.39, 0.29) is 0 Å². The fourth-order valence-electron chi connectivity index (χ4n) is 2.37. The van der Waals surface area contributed by atoms with Crippen LogP contribution < -0.4 is 5.32 Å². The van der Waals surface area contributed by atoms with Gasteiger partial charge in [-0.3, -0.25) is 0 Å². The van der Waals surface area contributed by atoms with Gasteiger partial charge in [0.25, 0.3) is 0 Å². The van der Waals surface area contributed by atoms with Crippen molar-refractivity contribution in [3.8, 4) is 6.07 Å². The van der Waals surface area contributed by atoms with Crippen LogP contribution >= 0.6 is 15.9 Å². The maximum Gasteiger partial charge on any atom is 0.0992 e. The van der Waals surface area contributed by atoms with Gasteiger partial charge in [0.05, 0.1) is 24.3 Å². The molecule has 0 saturated heterocycles. The van der Waals surface area contributed by atoms with Gasteiger partial charge in [0.1, 0.15) is 0 Å². The quantitative estimate of drug-likeness (QED) is 0.831. The number of rotatable bonds is 5. The zero-order valence-electron chi connectivity index (χ0n) is 11.0. The van der Waals surface area contributed by atoms with Crippen molar-refractivity contribution in [2.45, 2.75) is 38.2 Å². The predicted molar refractivity (Wildman–Crippen MR) is 80.2 cm³/mol. The minimum atomic E-state index is 0.458. The maximum atomic E-state index is 8.80. The highest BCUT2D eigenvalue weighted by atomic mass is 79.9. The van der Waals surface area contributed by atoms with Crippen LogP contribution in [0, 0.1) is 11.3 Å². The van der Waals surface area contributed by atoms with Crippen molar-refractivity contribution in [3.05, 3.63) is 28.2 Å². The number of nitriles is 1. The first-order chi connectivity index (χ1) is 9.29. The number of nitrogens with one attached hydrogen (secondary N) is 1. The lowest BCUT2D eigenvalue weighted by Crippen LogP contribution is -2.20. The molecule has 4 heteroatoms. The Kier molecular flexibility index (Phi) is 5.68. The van der Waals surface area contributed by atoms with Crippen LogP contribution in [0.1, 0.15) is 37.7 Å². The fourth-order valence-corrected chi connectivity index (χ4v) is 2.89. The topological polar surface area (TPSA) is 45.0 Å². The van der Waals surface area contributed by atoms with E-state index in [1.807, 2.05) is 18.2 Å². The predicted octanol–water partition coefficient (Wildman–Crippen LogP) is 4.08. The first-order valence-electron chi connectivity index (χ1n) is 6.85. The van der Waals surface area contributed by atoms with Gasteiger partial charge in [0, 0.05) is 16.7 Å². The van der Waals surface area contributed by atoms with Gasteiger partial charge < -0.3 is 10.1 Å². The normalized spacial score (nSPS) is 16.0. The summed E-state index contributed by atoms with van der Waals surface area (Å²) in [6, 6.07) is 7.68. The van der Waals surface area contributed by atoms with E-state index in [0.29, 0.717) is 11.7 Å². The molecule has 1 aromatic rings. The number of ether oxygens (including phenoxy) is 1. The SMILES string of the molecule is N#Cc1ccc(NCCOC2CCCCC2)c(Br)c1. The second-order valence-electron chi connectivity index (χ2n) is 4.86. The summed E-state index contributed by atoms with van der Waals surface area (Å²) in [6.45, 7) is 1.53. The van der Waals surface area contributed by atoms with Gasteiger partial charge in [-0.25, -0.2) is 0 Å². The van der Waals surface area contributed by atoms with Gasteiger partial charge in [0.2, 0.25) is 0 Å². The second-order valence-corrected chi connectivity index (χ2v) is 5.72. The van der Waals surface area contributed by atoms with Crippen LogP contribution in [-0.2, 0) is 4.74 Å². The molecular formula is C15H19BrN2O. The molecule has 0 radical (unpaired) electrons. The molecule has 0 bridgehead atoms. The van der Waals surface area contributed by atoms with Crippen LogP contribution in [0.25, 0.3) is 0 Å². The van der Waals surface area contributed by atoms with E-state index in [2.05, 4.69) is 27.3 Å². The summed E-state index contributed by atoms with van der Waals surface area (Å²) < 4.78 is 6.78. The molecular weight excluding hydrogens is 304 g/mol. The maximum absolute atomic E-state index is 8.80.